The van der Waals surface area contributed by atoms with Gasteiger partial charge in [0.2, 0.25) is 10.0 Å². The number of rotatable bonds is 11. The number of hydrogen-bond acceptors (Lipinski definition) is 7. The van der Waals surface area contributed by atoms with Crippen molar-refractivity contribution in [3.63, 3.8) is 0 Å². The van der Waals surface area contributed by atoms with Crippen LogP contribution >= 0.6 is 0 Å². The molecule has 3 aromatic carbocycles. The monoisotopic (exact) mass is 635 g/mol. The van der Waals surface area contributed by atoms with Crippen molar-refractivity contribution in [1.82, 2.24) is 0 Å². The molecule has 12 heteroatoms. The molecule has 0 spiro atoms. The van der Waals surface area contributed by atoms with Gasteiger partial charge in [0.05, 0.1) is 43.8 Å². The molecule has 3 aromatic rings. The lowest BCUT2D eigenvalue weighted by atomic mass is 9.95. The molecule has 0 atom stereocenters. The van der Waals surface area contributed by atoms with Crippen LogP contribution in [-0.2, 0) is 16.2 Å². The third-order valence-corrected chi connectivity index (χ3v) is 7.71. The van der Waals surface area contributed by atoms with Gasteiger partial charge in [-0.1, -0.05) is 29.4 Å². The number of phenolic OH excluding ortho intramolecular Hbond substituents is 2. The van der Waals surface area contributed by atoms with E-state index < -0.39 is 33.2 Å². The van der Waals surface area contributed by atoms with Crippen molar-refractivity contribution in [3.05, 3.63) is 71.3 Å². The van der Waals surface area contributed by atoms with Gasteiger partial charge in [-0.2, -0.15) is 13.2 Å². The van der Waals surface area contributed by atoms with Crippen LogP contribution in [0, 0.1) is 0 Å². The molecule has 0 radical (unpaired) electrons. The van der Waals surface area contributed by atoms with Crippen LogP contribution in [0.3, 0.4) is 0 Å². The predicted octanol–water partition coefficient (Wildman–Crippen LogP) is 7.55. The molecule has 0 aliphatic rings. The fourth-order valence-electron chi connectivity index (χ4n) is 4.41. The normalized spacial score (nSPS) is 11.5. The van der Waals surface area contributed by atoms with E-state index in [9.17, 15) is 31.8 Å². The standard InChI is InChI=1S/C32H36F3NO7S/c1-19(2)12-14-36(44(7,39)40)25-10-8-21(16-24(25)32(33,34)35)23-18-28(41-5)29(30(38)31(23)42-6)22-9-11-27(26(37)17-22)43-15-13-20(3)4/h8-13,16-18,37-38H,14-15H2,1-7H3. The second-order valence-corrected chi connectivity index (χ2v) is 12.4. The van der Waals surface area contributed by atoms with E-state index in [-0.39, 0.29) is 52.8 Å². The molecule has 0 aromatic heterocycles. The maximum absolute atomic E-state index is 14.4. The van der Waals surface area contributed by atoms with Crippen molar-refractivity contribution in [2.75, 3.05) is 37.9 Å². The number of sulfonamides is 1. The first-order valence-electron chi connectivity index (χ1n) is 13.4. The molecule has 0 unspecified atom stereocenters. The van der Waals surface area contributed by atoms with Crippen molar-refractivity contribution in [3.8, 4) is 51.0 Å². The summed E-state index contributed by atoms with van der Waals surface area (Å²) in [5, 5.41) is 21.9. The zero-order valence-corrected chi connectivity index (χ0v) is 26.4. The summed E-state index contributed by atoms with van der Waals surface area (Å²) in [6, 6.07) is 9.04. The zero-order chi connectivity index (χ0) is 33.0. The van der Waals surface area contributed by atoms with Crippen LogP contribution in [0.15, 0.2) is 65.8 Å². The van der Waals surface area contributed by atoms with Gasteiger partial charge in [-0.25, -0.2) is 8.42 Å². The molecule has 0 heterocycles. The predicted molar refractivity (Wildman–Crippen MR) is 165 cm³/mol. The second-order valence-electron chi connectivity index (χ2n) is 10.5. The maximum atomic E-state index is 14.4. The van der Waals surface area contributed by atoms with Gasteiger partial charge in [-0.05, 0) is 75.2 Å². The Hall–Kier alpha value is -4.32. The number of allylic oxidation sites excluding steroid dienone is 2. The van der Waals surface area contributed by atoms with Crippen LogP contribution in [0.4, 0.5) is 18.9 Å². The summed E-state index contributed by atoms with van der Waals surface area (Å²) >= 11 is 0. The molecular formula is C32H36F3NO7S. The summed E-state index contributed by atoms with van der Waals surface area (Å²) in [5.41, 5.74) is 0.522. The number of halogens is 3. The molecule has 0 saturated carbocycles. The largest absolute Gasteiger partial charge is 0.504 e. The Morgan fingerprint density at radius 2 is 1.52 bits per heavy atom. The molecule has 0 aliphatic carbocycles. The highest BCUT2D eigenvalue weighted by Crippen LogP contribution is 2.51. The quantitative estimate of drug-likeness (QED) is 0.210. The van der Waals surface area contributed by atoms with Crippen molar-refractivity contribution >= 4 is 15.7 Å². The second kappa shape index (κ2) is 13.5. The molecular weight excluding hydrogens is 599 g/mol. The number of phenols is 2. The highest BCUT2D eigenvalue weighted by molar-refractivity contribution is 7.92. The van der Waals surface area contributed by atoms with Gasteiger partial charge >= 0.3 is 6.18 Å². The number of nitrogens with zero attached hydrogens (tertiary/aromatic N) is 1. The van der Waals surface area contributed by atoms with E-state index in [1.165, 1.54) is 44.6 Å². The van der Waals surface area contributed by atoms with Crippen molar-refractivity contribution < 1.29 is 46.0 Å². The average Bonchev–Trinajstić information content (AvgIpc) is 2.92. The van der Waals surface area contributed by atoms with Crippen LogP contribution in [0.5, 0.6) is 28.7 Å². The first-order valence-corrected chi connectivity index (χ1v) is 15.2. The van der Waals surface area contributed by atoms with E-state index in [0.29, 0.717) is 9.87 Å². The summed E-state index contributed by atoms with van der Waals surface area (Å²) < 4.78 is 85.5. The fraction of sp³-hybridized carbons (Fsp3) is 0.312. The lowest BCUT2D eigenvalue weighted by Crippen LogP contribution is -2.32. The van der Waals surface area contributed by atoms with E-state index in [1.54, 1.807) is 19.9 Å². The van der Waals surface area contributed by atoms with Gasteiger partial charge < -0.3 is 24.4 Å². The van der Waals surface area contributed by atoms with Crippen molar-refractivity contribution in [1.29, 1.82) is 0 Å². The Labute approximate surface area is 255 Å². The Kier molecular flexibility index (Phi) is 10.5. The summed E-state index contributed by atoms with van der Waals surface area (Å²) in [4.78, 5) is 0. The average molecular weight is 636 g/mol. The van der Waals surface area contributed by atoms with Gasteiger partial charge in [0.15, 0.2) is 23.0 Å². The first-order chi connectivity index (χ1) is 20.5. The van der Waals surface area contributed by atoms with Gasteiger partial charge in [0.25, 0.3) is 0 Å². The fourth-order valence-corrected chi connectivity index (χ4v) is 5.27. The van der Waals surface area contributed by atoms with Crippen LogP contribution in [0.25, 0.3) is 22.3 Å². The molecule has 0 fully saturated rings. The lowest BCUT2D eigenvalue weighted by molar-refractivity contribution is -0.137. The highest BCUT2D eigenvalue weighted by Gasteiger charge is 2.37. The van der Waals surface area contributed by atoms with E-state index in [0.717, 1.165) is 29.5 Å². The van der Waals surface area contributed by atoms with E-state index >= 15 is 0 Å². The first kappa shape index (κ1) is 34.2. The molecule has 2 N–H and O–H groups in total. The molecule has 238 valence electrons. The molecule has 0 bridgehead atoms. The molecule has 3 rings (SSSR count). The third-order valence-electron chi connectivity index (χ3n) is 6.57. The Balaban J connectivity index is 2.21. The molecule has 44 heavy (non-hydrogen) atoms. The molecule has 0 amide bonds. The summed E-state index contributed by atoms with van der Waals surface area (Å²) in [7, 11) is -1.52. The summed E-state index contributed by atoms with van der Waals surface area (Å²) in [6.07, 6.45) is -0.737. The number of aromatic hydroxyl groups is 2. The van der Waals surface area contributed by atoms with Gasteiger partial charge in [-0.15, -0.1) is 0 Å². The number of benzene rings is 3. The van der Waals surface area contributed by atoms with E-state index in [4.69, 9.17) is 14.2 Å². The van der Waals surface area contributed by atoms with Crippen LogP contribution < -0.4 is 18.5 Å². The minimum atomic E-state index is -4.93. The highest BCUT2D eigenvalue weighted by atomic mass is 32.2. The van der Waals surface area contributed by atoms with Gasteiger partial charge in [0.1, 0.15) is 12.4 Å². The number of methoxy groups -OCH3 is 2. The topological polar surface area (TPSA) is 106 Å². The van der Waals surface area contributed by atoms with Crippen molar-refractivity contribution in [2.24, 2.45) is 0 Å². The smallest absolute Gasteiger partial charge is 0.418 e. The lowest BCUT2D eigenvalue weighted by Gasteiger charge is -2.26. The minimum absolute atomic E-state index is 0.0143. The minimum Gasteiger partial charge on any atom is -0.504 e. The summed E-state index contributed by atoms with van der Waals surface area (Å²) in [6.45, 7) is 7.18. The van der Waals surface area contributed by atoms with Crippen LogP contribution in [-0.4, -0.2) is 52.3 Å². The summed E-state index contributed by atoms with van der Waals surface area (Å²) in [5.74, 6) is -0.522. The third kappa shape index (κ3) is 7.79. The Morgan fingerprint density at radius 3 is 2.05 bits per heavy atom. The molecule has 0 saturated heterocycles. The Morgan fingerprint density at radius 1 is 0.886 bits per heavy atom. The SMILES string of the molecule is COc1cc(-c2ccc(N(CC=C(C)C)S(C)(=O)=O)c(C(F)(F)F)c2)c(OC)c(O)c1-c1ccc(OCC=C(C)C)c(O)c1. The maximum Gasteiger partial charge on any atom is 0.418 e. The van der Waals surface area contributed by atoms with Gasteiger partial charge in [-0.3, -0.25) is 4.31 Å². The zero-order valence-electron chi connectivity index (χ0n) is 25.5. The van der Waals surface area contributed by atoms with E-state index in [2.05, 4.69) is 0 Å². The van der Waals surface area contributed by atoms with Gasteiger partial charge in [0, 0.05) is 5.56 Å². The molecule has 8 nitrogen and oxygen atoms in total. The number of anilines is 1. The van der Waals surface area contributed by atoms with Crippen LogP contribution in [0.1, 0.15) is 33.3 Å². The van der Waals surface area contributed by atoms with E-state index in [1.807, 2.05) is 19.9 Å². The molecule has 0 aliphatic heterocycles. The van der Waals surface area contributed by atoms with Crippen molar-refractivity contribution in [2.45, 2.75) is 33.9 Å². The number of hydrogen-bond donors (Lipinski definition) is 2. The van der Waals surface area contributed by atoms with Crippen LogP contribution in [0.2, 0.25) is 0 Å². The number of ether oxygens (including phenoxy) is 3. The Bertz CT molecular complexity index is 1690. The number of alkyl halides is 3.